The number of hydrogen-bond donors (Lipinski definition) is 2. The number of rotatable bonds is 14. The zero-order valence-electron chi connectivity index (χ0n) is 28.9. The third-order valence-corrected chi connectivity index (χ3v) is 13.7. The largest absolute Gasteiger partial charge is 0.330 e. The van der Waals surface area contributed by atoms with Gasteiger partial charge in [0.25, 0.3) is 0 Å². The van der Waals surface area contributed by atoms with Gasteiger partial charge in [-0.05, 0) is 99.8 Å². The third-order valence-electron chi connectivity index (χ3n) is 10.7. The van der Waals surface area contributed by atoms with Gasteiger partial charge in [-0.2, -0.15) is 10.2 Å². The molecule has 4 aliphatic rings. The van der Waals surface area contributed by atoms with Crippen LogP contribution in [0.4, 0.5) is 8.78 Å². The van der Waals surface area contributed by atoms with Crippen molar-refractivity contribution in [1.29, 1.82) is 0 Å². The molecule has 0 amide bonds. The molecule has 11 heteroatoms. The molecule has 0 radical (unpaired) electrons. The molecule has 0 bridgehead atoms. The number of hydrogen-bond acceptors (Lipinski definition) is 9. The van der Waals surface area contributed by atoms with Gasteiger partial charge in [-0.15, -0.1) is 0 Å². The lowest BCUT2D eigenvalue weighted by Crippen LogP contribution is -2.58. The first-order chi connectivity index (χ1) is 25.3. The second-order valence-corrected chi connectivity index (χ2v) is 16.7. The van der Waals surface area contributed by atoms with Gasteiger partial charge in [0.05, 0.1) is 0 Å². The van der Waals surface area contributed by atoms with E-state index in [0.29, 0.717) is 85.7 Å². The fourth-order valence-corrected chi connectivity index (χ4v) is 10.9. The van der Waals surface area contributed by atoms with E-state index in [0.717, 1.165) is 11.1 Å². The smallest absolute Gasteiger partial charge is 0.187 e. The molecule has 7 nitrogen and oxygen atoms in total. The van der Waals surface area contributed by atoms with Crippen LogP contribution in [0.25, 0.3) is 0 Å². The van der Waals surface area contributed by atoms with E-state index in [2.05, 4.69) is 34.3 Å². The number of benzene rings is 4. The molecule has 2 unspecified atom stereocenters. The predicted octanol–water partition coefficient (Wildman–Crippen LogP) is 7.90. The third kappa shape index (κ3) is 5.86. The molecule has 2 fully saturated rings. The molecule has 8 rings (SSSR count). The van der Waals surface area contributed by atoms with Crippen LogP contribution in [0.5, 0.6) is 0 Å². The van der Waals surface area contributed by atoms with E-state index in [1.807, 2.05) is 48.5 Å². The highest BCUT2D eigenvalue weighted by molar-refractivity contribution is 8.15. The van der Waals surface area contributed by atoms with Gasteiger partial charge in [0.2, 0.25) is 0 Å². The van der Waals surface area contributed by atoms with Crippen LogP contribution in [0.15, 0.2) is 119 Å². The lowest BCUT2D eigenvalue weighted by Gasteiger charge is -2.46. The van der Waals surface area contributed by atoms with Crippen LogP contribution < -0.4 is 11.5 Å². The number of nitrogens with zero attached hydrogens (tertiary/aromatic N) is 4. The Labute approximate surface area is 311 Å². The van der Waals surface area contributed by atoms with Crippen LogP contribution in [-0.4, -0.2) is 50.1 Å². The Balaban J connectivity index is 1.27. The van der Waals surface area contributed by atoms with Crippen LogP contribution >= 0.6 is 23.5 Å². The topological polar surface area (TPSA) is 100 Å². The number of halogens is 2. The molecule has 0 spiro atoms. The quantitative estimate of drug-likeness (QED) is 0.136. The second-order valence-electron chi connectivity index (χ2n) is 14.1. The summed E-state index contributed by atoms with van der Waals surface area (Å²) in [5, 5.41) is 16.1. The van der Waals surface area contributed by atoms with Gasteiger partial charge in [0.1, 0.15) is 42.5 Å². The van der Waals surface area contributed by atoms with Gasteiger partial charge in [-0.25, -0.2) is 8.78 Å². The molecule has 4 aromatic carbocycles. The standard InChI is InChI=1S/C41H42F2N6OS2/c42-33-17-7-11-29(27-33)35-46-48(40(51-35,19-9-25-44)31-13-3-1-4-14-31)38(21-22-38)37(50)39(23-24-39)49-41(20-10-26-45,32-15-5-2-6-16-32)52-36(47-49)30-12-8-18-34(43)28-30/h1-8,11-18,27-28H,9-10,19-26,44-45H2. The molecular formula is C41H42F2N6OS2. The van der Waals surface area contributed by atoms with Crippen molar-refractivity contribution < 1.29 is 13.6 Å². The molecule has 2 aliphatic carbocycles. The van der Waals surface area contributed by atoms with Crippen molar-refractivity contribution in [3.05, 3.63) is 143 Å². The van der Waals surface area contributed by atoms with E-state index in [9.17, 15) is 8.78 Å². The zero-order valence-corrected chi connectivity index (χ0v) is 30.5. The minimum Gasteiger partial charge on any atom is -0.330 e. The predicted molar refractivity (Wildman–Crippen MR) is 206 cm³/mol. The SMILES string of the molecule is NCCCC1(c2ccccc2)SC(c2cccc(F)c2)=NN1C1(C(=O)C2(N3N=C(c4cccc(F)c4)SC3(CCCN)c3ccccc3)CC2)CC1. The monoisotopic (exact) mass is 736 g/mol. The lowest BCUT2D eigenvalue weighted by molar-refractivity contribution is -0.137. The Hall–Kier alpha value is -4.03. The molecular weight excluding hydrogens is 695 g/mol. The minimum atomic E-state index is -0.916. The lowest BCUT2D eigenvalue weighted by atomic mass is 9.91. The van der Waals surface area contributed by atoms with Crippen molar-refractivity contribution in [3.8, 4) is 0 Å². The fourth-order valence-electron chi connectivity index (χ4n) is 7.94. The summed E-state index contributed by atoms with van der Waals surface area (Å²) in [6, 6.07) is 33.4. The average molecular weight is 737 g/mol. The normalized spacial score (nSPS) is 24.1. The summed E-state index contributed by atoms with van der Waals surface area (Å²) in [4.78, 5) is 14.3. The highest BCUT2D eigenvalue weighted by Gasteiger charge is 2.73. The molecule has 52 heavy (non-hydrogen) atoms. The summed E-state index contributed by atoms with van der Waals surface area (Å²) >= 11 is 3.16. The maximum atomic E-state index is 15.8. The highest BCUT2D eigenvalue weighted by atomic mass is 32.2. The maximum absolute atomic E-state index is 15.8. The number of hydrazone groups is 2. The minimum absolute atomic E-state index is 0.0933. The molecule has 268 valence electrons. The Morgan fingerprint density at radius 2 is 1.02 bits per heavy atom. The highest BCUT2D eigenvalue weighted by Crippen LogP contribution is 2.65. The van der Waals surface area contributed by atoms with E-state index in [-0.39, 0.29) is 17.4 Å². The van der Waals surface area contributed by atoms with Gasteiger partial charge >= 0.3 is 0 Å². The van der Waals surface area contributed by atoms with Crippen molar-refractivity contribution in [2.75, 3.05) is 13.1 Å². The summed E-state index contributed by atoms with van der Waals surface area (Å²) in [6.45, 7) is 0.957. The van der Waals surface area contributed by atoms with Crippen LogP contribution in [0.2, 0.25) is 0 Å². The first kappa shape index (κ1) is 35.0. The molecule has 2 heterocycles. The number of nitrogens with two attached hydrogens (primary N) is 2. The Kier molecular flexibility index (Phi) is 9.26. The molecule has 4 N–H and O–H groups in total. The number of carbonyl (C=O) groups is 1. The number of ketones is 1. The van der Waals surface area contributed by atoms with Crippen LogP contribution in [0.1, 0.15) is 73.6 Å². The van der Waals surface area contributed by atoms with Gasteiger partial charge in [-0.3, -0.25) is 14.8 Å². The summed E-state index contributed by atoms with van der Waals surface area (Å²) in [7, 11) is 0. The van der Waals surface area contributed by atoms with E-state index in [1.165, 1.54) is 24.3 Å². The molecule has 0 aromatic heterocycles. The summed E-state index contributed by atoms with van der Waals surface area (Å²) < 4.78 is 29.3. The van der Waals surface area contributed by atoms with E-state index >= 15 is 4.79 Å². The Morgan fingerprint density at radius 3 is 1.37 bits per heavy atom. The summed E-state index contributed by atoms with van der Waals surface area (Å²) in [5.74, 6) is -0.585. The van der Waals surface area contributed by atoms with E-state index in [1.54, 1.807) is 35.7 Å². The molecule has 2 saturated carbocycles. The Bertz CT molecular complexity index is 1880. The van der Waals surface area contributed by atoms with Crippen molar-refractivity contribution in [2.24, 2.45) is 21.7 Å². The molecule has 4 aromatic rings. The van der Waals surface area contributed by atoms with Gasteiger partial charge in [0.15, 0.2) is 5.78 Å². The fraction of sp³-hybridized carbons (Fsp3) is 0.341. The first-order valence-electron chi connectivity index (χ1n) is 18.0. The summed E-state index contributed by atoms with van der Waals surface area (Å²) in [5.41, 5.74) is 13.9. The second kappa shape index (κ2) is 13.7. The van der Waals surface area contributed by atoms with Crippen molar-refractivity contribution in [3.63, 3.8) is 0 Å². The zero-order chi connectivity index (χ0) is 36.0. The van der Waals surface area contributed by atoms with Gasteiger partial charge in [-0.1, -0.05) is 108 Å². The molecule has 2 aliphatic heterocycles. The Morgan fingerprint density at radius 1 is 0.615 bits per heavy atom. The number of thioether (sulfide) groups is 2. The van der Waals surface area contributed by atoms with Gasteiger partial charge < -0.3 is 11.5 Å². The summed E-state index contributed by atoms with van der Waals surface area (Å²) in [6.07, 6.45) is 5.24. The number of carbonyl (C=O) groups excluding carboxylic acids is 1. The molecule has 0 saturated heterocycles. The maximum Gasteiger partial charge on any atom is 0.187 e. The van der Waals surface area contributed by atoms with Gasteiger partial charge in [0, 0.05) is 11.1 Å². The van der Waals surface area contributed by atoms with E-state index in [4.69, 9.17) is 21.7 Å². The van der Waals surface area contributed by atoms with E-state index < -0.39 is 20.8 Å². The van der Waals surface area contributed by atoms with Crippen LogP contribution in [0, 0.1) is 11.6 Å². The van der Waals surface area contributed by atoms with Crippen molar-refractivity contribution in [1.82, 2.24) is 10.0 Å². The van der Waals surface area contributed by atoms with Crippen molar-refractivity contribution in [2.45, 2.75) is 72.2 Å². The van der Waals surface area contributed by atoms with Crippen LogP contribution in [-0.2, 0) is 14.5 Å². The average Bonchev–Trinajstić information content (AvgIpc) is 4.09. The first-order valence-corrected chi connectivity index (χ1v) is 19.7. The number of Topliss-reactive ketones (excluding diaryl/α,β-unsaturated/α-hetero) is 1. The molecule has 2 atom stereocenters. The van der Waals surface area contributed by atoms with Crippen LogP contribution in [0.3, 0.4) is 0 Å². The van der Waals surface area contributed by atoms with Crippen molar-refractivity contribution >= 4 is 39.4 Å².